The highest BCUT2D eigenvalue weighted by Gasteiger charge is 2.35. The number of nitrogens with one attached hydrogen (secondary N) is 2. The summed E-state index contributed by atoms with van der Waals surface area (Å²) in [6.45, 7) is 3.41. The number of urea groups is 1. The molecule has 4 rings (SSSR count). The summed E-state index contributed by atoms with van der Waals surface area (Å²) in [5.41, 5.74) is 0.417. The Balaban J connectivity index is 1.68. The summed E-state index contributed by atoms with van der Waals surface area (Å²) in [6, 6.07) is 12.9. The number of likely N-dealkylation sites (N-methyl/N-ethyl adjacent to an activating group) is 1. The molecule has 0 aromatic heterocycles. The number of benzene rings is 3. The van der Waals surface area contributed by atoms with Gasteiger partial charge in [0.25, 0.3) is 15.9 Å². The molecule has 13 heteroatoms. The number of anilines is 2. The van der Waals surface area contributed by atoms with Gasteiger partial charge in [-0.25, -0.2) is 22.0 Å². The maximum absolute atomic E-state index is 13.6. The number of carbonyl (C=O) groups is 2. The Bertz CT molecular complexity index is 1540. The van der Waals surface area contributed by atoms with Crippen molar-refractivity contribution in [3.05, 3.63) is 83.9 Å². The van der Waals surface area contributed by atoms with Crippen LogP contribution < -0.4 is 14.8 Å². The van der Waals surface area contributed by atoms with Crippen LogP contribution in [0.15, 0.2) is 71.6 Å². The highest BCUT2D eigenvalue weighted by Crippen LogP contribution is 2.36. The zero-order valence-electron chi connectivity index (χ0n) is 23.3. The molecule has 0 bridgehead atoms. The van der Waals surface area contributed by atoms with Crippen LogP contribution in [0.1, 0.15) is 24.2 Å². The number of amides is 3. The number of rotatable bonds is 8. The van der Waals surface area contributed by atoms with E-state index in [1.807, 2.05) is 6.92 Å². The number of ether oxygens (including phenoxy) is 1. The van der Waals surface area contributed by atoms with Gasteiger partial charge in [-0.3, -0.25) is 9.52 Å². The van der Waals surface area contributed by atoms with Crippen LogP contribution >= 0.6 is 0 Å². The minimum Gasteiger partial charge on any atom is -0.485 e. The molecule has 0 saturated carbocycles. The van der Waals surface area contributed by atoms with Gasteiger partial charge in [0, 0.05) is 25.2 Å². The Kier molecular flexibility index (Phi) is 9.32. The molecule has 1 aliphatic rings. The smallest absolute Gasteiger partial charge is 0.321 e. The normalized spacial score (nSPS) is 17.8. The van der Waals surface area contributed by atoms with Crippen molar-refractivity contribution in [1.82, 2.24) is 9.80 Å². The fourth-order valence-corrected chi connectivity index (χ4v) is 5.53. The third-order valence-corrected chi connectivity index (χ3v) is 8.34. The van der Waals surface area contributed by atoms with Crippen molar-refractivity contribution in [2.24, 2.45) is 5.92 Å². The average Bonchev–Trinajstić information content (AvgIpc) is 2.96. The van der Waals surface area contributed by atoms with Crippen LogP contribution in [0.3, 0.4) is 0 Å². The van der Waals surface area contributed by atoms with E-state index < -0.39 is 45.7 Å². The quantitative estimate of drug-likeness (QED) is 0.356. The second-order valence-electron chi connectivity index (χ2n) is 10.2. The van der Waals surface area contributed by atoms with Crippen LogP contribution in [0.25, 0.3) is 0 Å². The number of hydrogen-bond donors (Lipinski definition) is 3. The van der Waals surface area contributed by atoms with Gasteiger partial charge in [-0.05, 0) is 67.6 Å². The minimum atomic E-state index is -4.20. The standard InChI is InChI=1S/C29H32F2N4O6S/c1-18-15-35(19(2)17-36)28(37)24-5-4-6-25(33-42(39,40)23-13-9-21(31)10-14-23)27(24)41-26(18)16-34(3)29(38)32-22-11-7-20(30)8-12-22/h4-14,18-19,26,33,36H,15-17H2,1-3H3,(H,32,38)/t18-,19-,26+/m1/s1. The lowest BCUT2D eigenvalue weighted by Crippen LogP contribution is -2.50. The van der Waals surface area contributed by atoms with Crippen molar-refractivity contribution in [3.8, 4) is 5.75 Å². The van der Waals surface area contributed by atoms with E-state index in [0.717, 1.165) is 24.3 Å². The van der Waals surface area contributed by atoms with Gasteiger partial charge in [0.15, 0.2) is 5.75 Å². The van der Waals surface area contributed by atoms with E-state index in [2.05, 4.69) is 10.0 Å². The van der Waals surface area contributed by atoms with E-state index in [1.165, 1.54) is 59.3 Å². The number of para-hydroxylation sites is 1. The Labute approximate surface area is 242 Å². The van der Waals surface area contributed by atoms with Gasteiger partial charge in [0.1, 0.15) is 17.7 Å². The molecule has 0 saturated heterocycles. The first-order valence-corrected chi connectivity index (χ1v) is 14.7. The van der Waals surface area contributed by atoms with E-state index in [9.17, 15) is 31.9 Å². The van der Waals surface area contributed by atoms with Crippen LogP contribution in [-0.2, 0) is 10.0 Å². The summed E-state index contributed by atoms with van der Waals surface area (Å²) >= 11 is 0. The first kappa shape index (κ1) is 30.7. The van der Waals surface area contributed by atoms with Crippen LogP contribution in [0, 0.1) is 17.6 Å². The maximum Gasteiger partial charge on any atom is 0.321 e. The maximum atomic E-state index is 13.6. The monoisotopic (exact) mass is 602 g/mol. The number of aliphatic hydroxyl groups excluding tert-OH is 1. The molecule has 0 unspecified atom stereocenters. The van der Waals surface area contributed by atoms with E-state index in [-0.39, 0.29) is 47.5 Å². The predicted molar refractivity (Wildman–Crippen MR) is 153 cm³/mol. The summed E-state index contributed by atoms with van der Waals surface area (Å²) in [5.74, 6) is -1.94. The largest absolute Gasteiger partial charge is 0.485 e. The number of hydrogen-bond acceptors (Lipinski definition) is 6. The fourth-order valence-electron chi connectivity index (χ4n) is 4.46. The van der Waals surface area contributed by atoms with Gasteiger partial charge in [0.2, 0.25) is 0 Å². The Morgan fingerprint density at radius 2 is 1.71 bits per heavy atom. The number of aliphatic hydroxyl groups is 1. The van der Waals surface area contributed by atoms with Gasteiger partial charge in [0.05, 0.1) is 35.3 Å². The lowest BCUT2D eigenvalue weighted by molar-refractivity contribution is 0.0373. The molecule has 224 valence electrons. The van der Waals surface area contributed by atoms with Gasteiger partial charge in [-0.1, -0.05) is 13.0 Å². The predicted octanol–water partition coefficient (Wildman–Crippen LogP) is 4.15. The van der Waals surface area contributed by atoms with Crippen molar-refractivity contribution >= 4 is 33.3 Å². The molecule has 3 amide bonds. The summed E-state index contributed by atoms with van der Waals surface area (Å²) < 4.78 is 61.8. The van der Waals surface area contributed by atoms with E-state index in [0.29, 0.717) is 5.69 Å². The summed E-state index contributed by atoms with van der Waals surface area (Å²) in [7, 11) is -2.67. The van der Waals surface area contributed by atoms with Crippen molar-refractivity contribution in [1.29, 1.82) is 0 Å². The summed E-state index contributed by atoms with van der Waals surface area (Å²) in [4.78, 5) is 29.2. The minimum absolute atomic E-state index is 0.0284. The SMILES string of the molecule is C[C@@H]1CN([C@H](C)CO)C(=O)c2cccc(NS(=O)(=O)c3ccc(F)cc3)c2O[C@H]1CN(C)C(=O)Nc1ccc(F)cc1. The van der Waals surface area contributed by atoms with Gasteiger partial charge in [-0.2, -0.15) is 0 Å². The Hall–Kier alpha value is -4.23. The lowest BCUT2D eigenvalue weighted by atomic mass is 9.99. The molecule has 0 fully saturated rings. The zero-order chi connectivity index (χ0) is 30.6. The van der Waals surface area contributed by atoms with E-state index in [4.69, 9.17) is 4.74 Å². The Morgan fingerprint density at radius 1 is 1.10 bits per heavy atom. The molecule has 3 aromatic rings. The highest BCUT2D eigenvalue weighted by atomic mass is 32.2. The topological polar surface area (TPSA) is 128 Å². The van der Waals surface area contributed by atoms with Gasteiger partial charge < -0.3 is 25.0 Å². The Morgan fingerprint density at radius 3 is 2.33 bits per heavy atom. The van der Waals surface area contributed by atoms with Gasteiger partial charge in [-0.15, -0.1) is 0 Å². The molecule has 3 atom stereocenters. The van der Waals surface area contributed by atoms with Crippen LogP contribution in [-0.4, -0.2) is 74.2 Å². The average molecular weight is 603 g/mol. The first-order chi connectivity index (χ1) is 19.9. The molecular formula is C29H32F2N4O6S. The third-order valence-electron chi connectivity index (χ3n) is 6.96. The van der Waals surface area contributed by atoms with E-state index >= 15 is 0 Å². The molecule has 0 aliphatic carbocycles. The summed E-state index contributed by atoms with van der Waals surface area (Å²) in [5, 5.41) is 12.5. The fraction of sp³-hybridized carbons (Fsp3) is 0.310. The molecule has 3 aromatic carbocycles. The first-order valence-electron chi connectivity index (χ1n) is 13.2. The highest BCUT2D eigenvalue weighted by molar-refractivity contribution is 7.92. The van der Waals surface area contributed by atoms with Crippen molar-refractivity contribution in [3.63, 3.8) is 0 Å². The third kappa shape index (κ3) is 6.97. The van der Waals surface area contributed by atoms with Crippen molar-refractivity contribution < 1.29 is 36.6 Å². The number of halogens is 2. The molecule has 1 aliphatic heterocycles. The van der Waals surface area contributed by atoms with Crippen molar-refractivity contribution in [2.75, 3.05) is 36.8 Å². The molecule has 10 nitrogen and oxygen atoms in total. The molecule has 0 spiro atoms. The van der Waals surface area contributed by atoms with E-state index in [1.54, 1.807) is 6.92 Å². The number of sulfonamides is 1. The van der Waals surface area contributed by atoms with Gasteiger partial charge >= 0.3 is 6.03 Å². The summed E-state index contributed by atoms with van der Waals surface area (Å²) in [6.07, 6.45) is -0.731. The molecule has 3 N–H and O–H groups in total. The number of fused-ring (bicyclic) bond motifs is 1. The lowest BCUT2D eigenvalue weighted by Gasteiger charge is -2.38. The second-order valence-corrected chi connectivity index (χ2v) is 11.9. The number of nitrogens with zero attached hydrogens (tertiary/aromatic N) is 2. The molecule has 42 heavy (non-hydrogen) atoms. The van der Waals surface area contributed by atoms with Crippen LogP contribution in [0.4, 0.5) is 25.0 Å². The number of carbonyl (C=O) groups excluding carboxylic acids is 2. The molecular weight excluding hydrogens is 570 g/mol. The molecule has 0 radical (unpaired) electrons. The zero-order valence-corrected chi connectivity index (χ0v) is 24.1. The van der Waals surface area contributed by atoms with Crippen molar-refractivity contribution in [2.45, 2.75) is 30.9 Å². The van der Waals surface area contributed by atoms with Crippen LogP contribution in [0.5, 0.6) is 5.75 Å². The second kappa shape index (κ2) is 12.7. The van der Waals surface area contributed by atoms with Crippen LogP contribution in [0.2, 0.25) is 0 Å². The molecule has 1 heterocycles.